The zero-order valence-corrected chi connectivity index (χ0v) is 15.6. The molecule has 0 amide bonds. The van der Waals surface area contributed by atoms with E-state index < -0.39 is 0 Å². The topological polar surface area (TPSA) is 47.0 Å². The lowest BCUT2D eigenvalue weighted by atomic mass is 9.80. The van der Waals surface area contributed by atoms with Gasteiger partial charge in [-0.2, -0.15) is 9.84 Å². The highest BCUT2D eigenvalue weighted by Crippen LogP contribution is 2.40. The van der Waals surface area contributed by atoms with Crippen LogP contribution in [0.25, 0.3) is 0 Å². The largest absolute Gasteiger partial charge is 0.396 e. The summed E-state index contributed by atoms with van der Waals surface area (Å²) in [7, 11) is 2.05. The van der Waals surface area contributed by atoms with Crippen LogP contribution >= 0.6 is 0 Å². The maximum absolute atomic E-state index is 9.15. The smallest absolute Gasteiger partial charge is 0.209 e. The number of aliphatic hydroxyl groups excluding tert-OH is 1. The standard InChI is InChI=1S/C19H23N2O.C2H6/c1-5-14(8-10-20)13-18-19(2,3)16-12-15(9-11-22)6-7-17(16)21(18)4;1-2/h5-7,12-13,22H,1,8-9,11H2,2-4H3;1-2H3/q+1;/b14-13+;. The van der Waals surface area contributed by atoms with Gasteiger partial charge >= 0.3 is 0 Å². The second-order valence-electron chi connectivity index (χ2n) is 6.15. The van der Waals surface area contributed by atoms with Crippen LogP contribution in [-0.4, -0.2) is 29.0 Å². The Morgan fingerprint density at radius 3 is 2.58 bits per heavy atom. The van der Waals surface area contributed by atoms with Gasteiger partial charge in [-0.25, -0.2) is 0 Å². The lowest BCUT2D eigenvalue weighted by Gasteiger charge is -2.16. The van der Waals surface area contributed by atoms with Gasteiger partial charge in [0.05, 0.1) is 17.9 Å². The molecule has 0 unspecified atom stereocenters. The van der Waals surface area contributed by atoms with Crippen LogP contribution in [0.3, 0.4) is 0 Å². The minimum Gasteiger partial charge on any atom is -0.396 e. The van der Waals surface area contributed by atoms with Crippen LogP contribution < -0.4 is 0 Å². The molecule has 0 spiro atoms. The van der Waals surface area contributed by atoms with Gasteiger partial charge in [0.2, 0.25) is 5.69 Å². The van der Waals surface area contributed by atoms with E-state index in [0.717, 1.165) is 16.8 Å². The summed E-state index contributed by atoms with van der Waals surface area (Å²) >= 11 is 0. The Kier molecular flexibility index (Phi) is 7.13. The van der Waals surface area contributed by atoms with Crippen molar-refractivity contribution < 1.29 is 9.68 Å². The van der Waals surface area contributed by atoms with Gasteiger partial charge in [0.25, 0.3) is 0 Å². The molecule has 1 aliphatic heterocycles. The van der Waals surface area contributed by atoms with Gasteiger partial charge < -0.3 is 5.11 Å². The normalized spacial score (nSPS) is 15.3. The monoisotopic (exact) mass is 325 g/mol. The molecule has 0 aliphatic carbocycles. The summed E-state index contributed by atoms with van der Waals surface area (Å²) in [6.45, 7) is 12.3. The van der Waals surface area contributed by atoms with Gasteiger partial charge in [0.15, 0.2) is 5.71 Å². The highest BCUT2D eigenvalue weighted by atomic mass is 16.2. The quantitative estimate of drug-likeness (QED) is 0.649. The Hall–Kier alpha value is -2.18. The van der Waals surface area contributed by atoms with E-state index in [1.807, 2.05) is 13.8 Å². The third kappa shape index (κ3) is 3.83. The molecule has 3 nitrogen and oxygen atoms in total. The summed E-state index contributed by atoms with van der Waals surface area (Å²) in [6.07, 6.45) is 4.86. The Labute approximate surface area is 146 Å². The summed E-state index contributed by atoms with van der Waals surface area (Å²) in [5, 5.41) is 18.1. The fourth-order valence-corrected chi connectivity index (χ4v) is 3.07. The highest BCUT2D eigenvalue weighted by molar-refractivity contribution is 6.03. The number of aliphatic hydroxyl groups is 1. The fourth-order valence-electron chi connectivity index (χ4n) is 3.07. The molecule has 1 heterocycles. The molecule has 2 rings (SSSR count). The Morgan fingerprint density at radius 2 is 2.04 bits per heavy atom. The van der Waals surface area contributed by atoms with Crippen molar-refractivity contribution in [2.75, 3.05) is 13.7 Å². The maximum Gasteiger partial charge on any atom is 0.209 e. The van der Waals surface area contributed by atoms with E-state index >= 15 is 0 Å². The Balaban J connectivity index is 0.00000139. The number of fused-ring (bicyclic) bond motifs is 1. The summed E-state index contributed by atoms with van der Waals surface area (Å²) < 4.78 is 2.18. The van der Waals surface area contributed by atoms with Gasteiger partial charge in [-0.1, -0.05) is 32.6 Å². The average molecular weight is 325 g/mol. The van der Waals surface area contributed by atoms with E-state index in [9.17, 15) is 0 Å². The second kappa shape index (κ2) is 8.61. The highest BCUT2D eigenvalue weighted by Gasteiger charge is 2.43. The molecule has 0 atom stereocenters. The van der Waals surface area contributed by atoms with Crippen molar-refractivity contribution in [2.45, 2.75) is 46.0 Å². The predicted octanol–water partition coefficient (Wildman–Crippen LogP) is 4.28. The number of benzene rings is 1. The zero-order valence-electron chi connectivity index (χ0n) is 15.6. The minimum absolute atomic E-state index is 0.140. The van der Waals surface area contributed by atoms with Crippen molar-refractivity contribution in [1.82, 2.24) is 0 Å². The molecule has 0 fully saturated rings. The minimum atomic E-state index is -0.140. The Bertz CT molecular complexity index is 703. The molecule has 128 valence electrons. The van der Waals surface area contributed by atoms with Gasteiger partial charge in [-0.3, -0.25) is 0 Å². The SMILES string of the molecule is C=C/C(=C\C1=[N+](C)c2ccc(CCO)cc2C1(C)C)CC#N.CC. The van der Waals surface area contributed by atoms with E-state index in [1.165, 1.54) is 11.3 Å². The number of hydrogen-bond donors (Lipinski definition) is 1. The molecular weight excluding hydrogens is 296 g/mol. The maximum atomic E-state index is 9.15. The zero-order chi connectivity index (χ0) is 18.3. The summed E-state index contributed by atoms with van der Waals surface area (Å²) in [4.78, 5) is 0. The molecular formula is C21H29N2O+. The molecule has 1 aromatic carbocycles. The summed E-state index contributed by atoms with van der Waals surface area (Å²) in [5.41, 5.74) is 5.54. The van der Waals surface area contributed by atoms with Crippen LogP contribution in [0.5, 0.6) is 0 Å². The van der Waals surface area contributed by atoms with Crippen LogP contribution in [0, 0.1) is 11.3 Å². The van der Waals surface area contributed by atoms with E-state index in [0.29, 0.717) is 12.8 Å². The van der Waals surface area contributed by atoms with Gasteiger partial charge in [-0.05, 0) is 37.5 Å². The average Bonchev–Trinajstić information content (AvgIpc) is 2.77. The molecule has 0 saturated heterocycles. The third-order valence-electron chi connectivity index (χ3n) is 4.37. The molecule has 1 aliphatic rings. The van der Waals surface area contributed by atoms with Crippen molar-refractivity contribution in [3.63, 3.8) is 0 Å². The van der Waals surface area contributed by atoms with Crippen molar-refractivity contribution in [3.05, 3.63) is 53.6 Å². The van der Waals surface area contributed by atoms with Crippen molar-refractivity contribution >= 4 is 11.4 Å². The van der Waals surface area contributed by atoms with Gasteiger partial charge in [0.1, 0.15) is 7.05 Å². The summed E-state index contributed by atoms with van der Waals surface area (Å²) in [5.74, 6) is 0. The first-order chi connectivity index (χ1) is 11.5. The molecule has 0 bridgehead atoms. The number of rotatable bonds is 5. The van der Waals surface area contributed by atoms with Crippen molar-refractivity contribution in [1.29, 1.82) is 5.26 Å². The number of hydrogen-bond acceptors (Lipinski definition) is 2. The van der Waals surface area contributed by atoms with Gasteiger partial charge in [0, 0.05) is 24.3 Å². The van der Waals surface area contributed by atoms with Crippen LogP contribution in [0.2, 0.25) is 0 Å². The predicted molar refractivity (Wildman–Crippen MR) is 101 cm³/mol. The molecule has 1 aromatic rings. The molecule has 3 heteroatoms. The number of nitriles is 1. The molecule has 1 N–H and O–H groups in total. The first kappa shape index (κ1) is 19.9. The van der Waals surface area contributed by atoms with E-state index in [-0.39, 0.29) is 12.0 Å². The van der Waals surface area contributed by atoms with Crippen LogP contribution in [0.1, 0.15) is 45.2 Å². The lowest BCUT2D eigenvalue weighted by molar-refractivity contribution is -0.401. The summed E-state index contributed by atoms with van der Waals surface area (Å²) in [6, 6.07) is 8.54. The lowest BCUT2D eigenvalue weighted by Crippen LogP contribution is -2.27. The van der Waals surface area contributed by atoms with Gasteiger partial charge in [-0.15, -0.1) is 0 Å². The van der Waals surface area contributed by atoms with E-state index in [2.05, 4.69) is 62.4 Å². The third-order valence-corrected chi connectivity index (χ3v) is 4.37. The molecule has 24 heavy (non-hydrogen) atoms. The molecule has 0 radical (unpaired) electrons. The van der Waals surface area contributed by atoms with Crippen molar-refractivity contribution in [2.24, 2.45) is 0 Å². The van der Waals surface area contributed by atoms with Crippen LogP contribution in [0.4, 0.5) is 5.69 Å². The van der Waals surface area contributed by atoms with Crippen LogP contribution in [0.15, 0.2) is 42.5 Å². The number of allylic oxidation sites excluding steroid dienone is 3. The first-order valence-corrected chi connectivity index (χ1v) is 8.51. The fraction of sp³-hybridized carbons (Fsp3) is 0.429. The number of nitrogens with zero attached hydrogens (tertiary/aromatic N) is 2. The van der Waals surface area contributed by atoms with Crippen LogP contribution in [-0.2, 0) is 11.8 Å². The second-order valence-corrected chi connectivity index (χ2v) is 6.15. The van der Waals surface area contributed by atoms with Crippen molar-refractivity contribution in [3.8, 4) is 6.07 Å². The first-order valence-electron chi connectivity index (χ1n) is 8.51. The van der Waals surface area contributed by atoms with E-state index in [4.69, 9.17) is 10.4 Å². The molecule has 0 saturated carbocycles. The van der Waals surface area contributed by atoms with E-state index in [1.54, 1.807) is 6.08 Å². The Morgan fingerprint density at radius 1 is 1.38 bits per heavy atom. The molecule has 0 aromatic heterocycles.